The van der Waals surface area contributed by atoms with Crippen molar-refractivity contribution < 1.29 is 23.9 Å². The molecule has 0 saturated carbocycles. The van der Waals surface area contributed by atoms with E-state index >= 15 is 0 Å². The third-order valence-corrected chi connectivity index (χ3v) is 6.14. The average molecular weight is 520 g/mol. The Hall–Kier alpha value is -1.36. The lowest BCUT2D eigenvalue weighted by Gasteiger charge is -2.28. The van der Waals surface area contributed by atoms with Crippen LogP contribution < -0.4 is 4.74 Å². The topological polar surface area (TPSA) is 76.2 Å². The highest BCUT2D eigenvalue weighted by Gasteiger charge is 2.37. The number of ether oxygens (including phenoxy) is 2. The van der Waals surface area contributed by atoms with Gasteiger partial charge in [-0.1, -0.05) is 0 Å². The number of amides is 3. The average Bonchev–Trinajstić information content (AvgIpc) is 2.89. The molecule has 2 heterocycles. The van der Waals surface area contributed by atoms with Crippen LogP contribution >= 0.6 is 43.6 Å². The Kier molecular flexibility index (Phi) is 6.61. The summed E-state index contributed by atoms with van der Waals surface area (Å²) >= 11 is 7.65. The van der Waals surface area contributed by atoms with Crippen molar-refractivity contribution in [3.8, 4) is 5.75 Å². The second-order valence-electron chi connectivity index (χ2n) is 5.78. The first-order valence-electron chi connectivity index (χ1n) is 8.04. The molecule has 27 heavy (non-hydrogen) atoms. The Labute approximate surface area is 177 Å². The van der Waals surface area contributed by atoms with Gasteiger partial charge in [0.05, 0.1) is 34.2 Å². The van der Waals surface area contributed by atoms with Crippen LogP contribution in [-0.2, 0) is 14.3 Å². The molecule has 0 spiro atoms. The molecule has 0 aromatic heterocycles. The number of halogens is 2. The molecule has 10 heteroatoms. The van der Waals surface area contributed by atoms with Crippen molar-refractivity contribution in [2.24, 2.45) is 0 Å². The van der Waals surface area contributed by atoms with Gasteiger partial charge in [0.1, 0.15) is 12.3 Å². The number of thioether (sulfide) groups is 1. The molecule has 0 aliphatic carbocycles. The third kappa shape index (κ3) is 4.56. The molecule has 2 aliphatic rings. The van der Waals surface area contributed by atoms with Crippen LogP contribution in [0.25, 0.3) is 6.08 Å². The van der Waals surface area contributed by atoms with E-state index < -0.39 is 11.1 Å². The van der Waals surface area contributed by atoms with E-state index in [2.05, 4.69) is 31.9 Å². The van der Waals surface area contributed by atoms with E-state index in [-0.39, 0.29) is 17.4 Å². The summed E-state index contributed by atoms with van der Waals surface area (Å²) < 4.78 is 11.9. The Bertz CT molecular complexity index is 801. The number of carbonyl (C=O) groups is 3. The lowest BCUT2D eigenvalue weighted by atomic mass is 10.2. The smallest absolute Gasteiger partial charge is 0.294 e. The van der Waals surface area contributed by atoms with E-state index in [4.69, 9.17) is 9.47 Å². The van der Waals surface area contributed by atoms with Gasteiger partial charge in [-0.2, -0.15) is 0 Å². The van der Waals surface area contributed by atoms with Crippen LogP contribution in [0.3, 0.4) is 0 Å². The minimum absolute atomic E-state index is 0.252. The first-order chi connectivity index (χ1) is 12.9. The van der Waals surface area contributed by atoms with Crippen LogP contribution in [0.15, 0.2) is 26.0 Å². The third-order valence-electron chi connectivity index (χ3n) is 4.05. The van der Waals surface area contributed by atoms with Crippen LogP contribution in [0.5, 0.6) is 5.75 Å². The van der Waals surface area contributed by atoms with Gasteiger partial charge in [0.25, 0.3) is 11.1 Å². The molecule has 1 aromatic rings. The molecule has 0 N–H and O–H groups in total. The van der Waals surface area contributed by atoms with E-state index in [1.807, 2.05) is 0 Å². The summed E-state index contributed by atoms with van der Waals surface area (Å²) in [5.41, 5.74) is 0.722. The number of morpholine rings is 1. The van der Waals surface area contributed by atoms with E-state index in [0.29, 0.717) is 41.0 Å². The van der Waals surface area contributed by atoms with E-state index in [9.17, 15) is 14.4 Å². The molecule has 0 bridgehead atoms. The molecule has 7 nitrogen and oxygen atoms in total. The van der Waals surface area contributed by atoms with Gasteiger partial charge in [0.2, 0.25) is 5.91 Å². The predicted octanol–water partition coefficient (Wildman–Crippen LogP) is 3.12. The zero-order valence-electron chi connectivity index (χ0n) is 14.4. The van der Waals surface area contributed by atoms with Gasteiger partial charge in [-0.05, 0) is 67.4 Å². The molecule has 3 amide bonds. The molecular formula is C17H16Br2N2O5S. The minimum Gasteiger partial charge on any atom is -0.494 e. The molecule has 0 unspecified atom stereocenters. The summed E-state index contributed by atoms with van der Waals surface area (Å²) in [5, 5.41) is -0.445. The number of hydrogen-bond acceptors (Lipinski definition) is 6. The van der Waals surface area contributed by atoms with Gasteiger partial charge in [-0.3, -0.25) is 19.3 Å². The Morgan fingerprint density at radius 2 is 1.89 bits per heavy atom. The number of methoxy groups -OCH3 is 1. The molecule has 2 aliphatic heterocycles. The highest BCUT2D eigenvalue weighted by atomic mass is 79.9. The first-order valence-corrected chi connectivity index (χ1v) is 10.4. The van der Waals surface area contributed by atoms with Crippen molar-refractivity contribution in [1.82, 2.24) is 9.80 Å². The van der Waals surface area contributed by atoms with Gasteiger partial charge in [0, 0.05) is 13.1 Å². The van der Waals surface area contributed by atoms with Crippen LogP contribution in [0.2, 0.25) is 0 Å². The predicted molar refractivity (Wildman–Crippen MR) is 108 cm³/mol. The minimum atomic E-state index is -0.463. The molecule has 0 atom stereocenters. The van der Waals surface area contributed by atoms with Crippen molar-refractivity contribution in [1.29, 1.82) is 0 Å². The molecule has 2 saturated heterocycles. The lowest BCUT2D eigenvalue weighted by molar-refractivity contribution is -0.139. The number of benzene rings is 1. The highest BCUT2D eigenvalue weighted by Crippen LogP contribution is 2.37. The largest absolute Gasteiger partial charge is 0.494 e. The molecular weight excluding hydrogens is 504 g/mol. The zero-order valence-corrected chi connectivity index (χ0v) is 18.4. The van der Waals surface area contributed by atoms with E-state index in [1.165, 1.54) is 0 Å². The van der Waals surface area contributed by atoms with Gasteiger partial charge in [-0.25, -0.2) is 0 Å². The standard InChI is InChI=1S/C17H16Br2N2O5S/c1-25-15-11(18)6-10(7-12(15)19)8-13-16(23)21(17(24)27-13)9-14(22)20-2-4-26-5-3-20/h6-8H,2-5,9H2,1H3/b13-8-. The maximum absolute atomic E-state index is 12.6. The van der Waals surface area contributed by atoms with Crippen molar-refractivity contribution in [3.05, 3.63) is 31.5 Å². The summed E-state index contributed by atoms with van der Waals surface area (Å²) in [7, 11) is 1.56. The molecule has 1 aromatic carbocycles. The monoisotopic (exact) mass is 518 g/mol. The van der Waals surface area contributed by atoms with Crippen LogP contribution in [0.1, 0.15) is 5.56 Å². The second kappa shape index (κ2) is 8.76. The fourth-order valence-electron chi connectivity index (χ4n) is 2.69. The van der Waals surface area contributed by atoms with Crippen molar-refractivity contribution in [2.45, 2.75) is 0 Å². The number of carbonyl (C=O) groups excluding carboxylic acids is 3. The number of rotatable bonds is 4. The molecule has 3 rings (SSSR count). The highest BCUT2D eigenvalue weighted by molar-refractivity contribution is 9.11. The molecule has 0 radical (unpaired) electrons. The van der Waals surface area contributed by atoms with Gasteiger partial charge in [-0.15, -0.1) is 0 Å². The first kappa shape index (κ1) is 20.4. The zero-order chi connectivity index (χ0) is 19.6. The second-order valence-corrected chi connectivity index (χ2v) is 8.48. The quantitative estimate of drug-likeness (QED) is 0.569. The number of nitrogens with zero attached hydrogens (tertiary/aromatic N) is 2. The van der Waals surface area contributed by atoms with Crippen LogP contribution in [-0.4, -0.2) is 66.8 Å². The Balaban J connectivity index is 1.75. The van der Waals surface area contributed by atoms with E-state index in [0.717, 1.165) is 22.2 Å². The normalized spacial score (nSPS) is 19.1. The van der Waals surface area contributed by atoms with Crippen molar-refractivity contribution in [3.63, 3.8) is 0 Å². The maximum atomic E-state index is 12.6. The fourth-order valence-corrected chi connectivity index (χ4v) is 5.08. The van der Waals surface area contributed by atoms with E-state index in [1.54, 1.807) is 30.2 Å². The summed E-state index contributed by atoms with van der Waals surface area (Å²) in [4.78, 5) is 40.0. The summed E-state index contributed by atoms with van der Waals surface area (Å²) in [6.07, 6.45) is 1.62. The van der Waals surface area contributed by atoms with Gasteiger partial charge < -0.3 is 14.4 Å². The Morgan fingerprint density at radius 1 is 1.26 bits per heavy atom. The van der Waals surface area contributed by atoms with Gasteiger partial charge >= 0.3 is 0 Å². The SMILES string of the molecule is COc1c(Br)cc(/C=C2\SC(=O)N(CC(=O)N3CCOCC3)C2=O)cc1Br. The maximum Gasteiger partial charge on any atom is 0.294 e. The molecule has 144 valence electrons. The number of imide groups is 1. The van der Waals surface area contributed by atoms with Crippen molar-refractivity contribution >= 4 is 66.8 Å². The van der Waals surface area contributed by atoms with Crippen LogP contribution in [0, 0.1) is 0 Å². The fraction of sp³-hybridized carbons (Fsp3) is 0.353. The lowest BCUT2D eigenvalue weighted by Crippen LogP contribution is -2.46. The van der Waals surface area contributed by atoms with Gasteiger partial charge in [0.15, 0.2) is 0 Å². The molecule has 2 fully saturated rings. The van der Waals surface area contributed by atoms with Crippen molar-refractivity contribution in [2.75, 3.05) is 40.0 Å². The number of hydrogen-bond donors (Lipinski definition) is 0. The summed E-state index contributed by atoms with van der Waals surface area (Å²) in [6, 6.07) is 3.58. The Morgan fingerprint density at radius 3 is 2.48 bits per heavy atom. The van der Waals surface area contributed by atoms with Crippen LogP contribution in [0.4, 0.5) is 4.79 Å². The summed E-state index contributed by atoms with van der Waals surface area (Å²) in [5.74, 6) is -0.0807. The summed E-state index contributed by atoms with van der Waals surface area (Å²) in [6.45, 7) is 1.62.